The van der Waals surface area contributed by atoms with E-state index < -0.39 is 0 Å². The Hall–Kier alpha value is -1.11. The molecule has 0 amide bonds. The normalized spacial score (nSPS) is 9.75. The topological polar surface area (TPSA) is 23.9 Å². The molecular formula is C11H15N. The molecule has 0 unspecified atom stereocenters. The Bertz CT molecular complexity index is 253. The fourth-order valence-electron chi connectivity index (χ4n) is 1.27. The molecule has 0 saturated carbocycles. The van der Waals surface area contributed by atoms with Crippen LogP contribution in [0.25, 0.3) is 0 Å². The molecule has 0 aliphatic carbocycles. The van der Waals surface area contributed by atoms with Gasteiger partial charge in [-0.25, -0.2) is 0 Å². The predicted molar refractivity (Wildman–Crippen MR) is 52.9 cm³/mol. The average molecular weight is 161 g/mol. The summed E-state index contributed by atoms with van der Waals surface area (Å²) in [5.74, 6) is 0. The fraction of sp³-hybridized carbons (Fsp3) is 0.364. The smallest absolute Gasteiger partial charge is 0.0253 e. The van der Waals surface area contributed by atoms with Crippen molar-refractivity contribution >= 4 is 6.21 Å². The average Bonchev–Trinajstić information content (AvgIpc) is 2.15. The van der Waals surface area contributed by atoms with Crippen LogP contribution >= 0.6 is 0 Å². The number of aryl methyl sites for hydroxylation is 1. The molecule has 1 rings (SSSR count). The molecule has 0 heterocycles. The van der Waals surface area contributed by atoms with Gasteiger partial charge in [-0.2, -0.15) is 0 Å². The van der Waals surface area contributed by atoms with Crippen molar-refractivity contribution in [3.63, 3.8) is 0 Å². The van der Waals surface area contributed by atoms with Crippen molar-refractivity contribution in [2.45, 2.75) is 26.2 Å². The van der Waals surface area contributed by atoms with Crippen LogP contribution in [0.15, 0.2) is 24.3 Å². The van der Waals surface area contributed by atoms with Crippen molar-refractivity contribution < 1.29 is 0 Å². The van der Waals surface area contributed by atoms with Crippen molar-refractivity contribution in [2.75, 3.05) is 0 Å². The van der Waals surface area contributed by atoms with Crippen LogP contribution in [0.2, 0.25) is 0 Å². The van der Waals surface area contributed by atoms with E-state index in [0.29, 0.717) is 0 Å². The highest BCUT2D eigenvalue weighted by Crippen LogP contribution is 2.09. The summed E-state index contributed by atoms with van der Waals surface area (Å²) in [5, 5.41) is 7.20. The molecule has 0 bridgehead atoms. The maximum Gasteiger partial charge on any atom is 0.0253 e. The quantitative estimate of drug-likeness (QED) is 0.656. The van der Waals surface area contributed by atoms with Gasteiger partial charge in [0.1, 0.15) is 0 Å². The molecule has 0 aliphatic rings. The predicted octanol–water partition coefficient (Wildman–Crippen LogP) is 3.03. The summed E-state index contributed by atoms with van der Waals surface area (Å²) < 4.78 is 0. The van der Waals surface area contributed by atoms with Crippen molar-refractivity contribution in [2.24, 2.45) is 0 Å². The lowest BCUT2D eigenvalue weighted by Crippen LogP contribution is -1.91. The van der Waals surface area contributed by atoms with E-state index in [4.69, 9.17) is 5.41 Å². The first kappa shape index (κ1) is 8.98. The zero-order chi connectivity index (χ0) is 8.81. The Morgan fingerprint density at radius 2 is 2.08 bits per heavy atom. The summed E-state index contributed by atoms with van der Waals surface area (Å²) >= 11 is 0. The molecule has 1 aromatic rings. The van der Waals surface area contributed by atoms with E-state index >= 15 is 0 Å². The highest BCUT2D eigenvalue weighted by Gasteiger charge is 1.96. The maximum absolute atomic E-state index is 7.20. The van der Waals surface area contributed by atoms with Crippen molar-refractivity contribution in [3.05, 3.63) is 35.4 Å². The van der Waals surface area contributed by atoms with Gasteiger partial charge >= 0.3 is 0 Å². The van der Waals surface area contributed by atoms with Crippen LogP contribution in [0, 0.1) is 5.41 Å². The van der Waals surface area contributed by atoms with E-state index in [9.17, 15) is 0 Å². The molecule has 0 aromatic heterocycles. The monoisotopic (exact) mass is 161 g/mol. The second-order valence-electron chi connectivity index (χ2n) is 2.95. The van der Waals surface area contributed by atoms with Gasteiger partial charge in [0.25, 0.3) is 0 Å². The van der Waals surface area contributed by atoms with Crippen molar-refractivity contribution in [1.29, 1.82) is 5.41 Å². The third-order valence-corrected chi connectivity index (χ3v) is 2.01. The first-order valence-corrected chi connectivity index (χ1v) is 4.47. The summed E-state index contributed by atoms with van der Waals surface area (Å²) in [5.41, 5.74) is 2.36. The molecular weight excluding hydrogens is 146 g/mol. The summed E-state index contributed by atoms with van der Waals surface area (Å²) in [7, 11) is 0. The van der Waals surface area contributed by atoms with E-state index in [1.165, 1.54) is 24.6 Å². The summed E-state index contributed by atoms with van der Waals surface area (Å²) in [4.78, 5) is 0. The van der Waals surface area contributed by atoms with E-state index in [-0.39, 0.29) is 0 Å². The first-order valence-electron chi connectivity index (χ1n) is 4.47. The Balaban J connectivity index is 2.75. The molecule has 0 fully saturated rings. The summed E-state index contributed by atoms with van der Waals surface area (Å²) in [6, 6.07) is 8.13. The fourth-order valence-corrected chi connectivity index (χ4v) is 1.27. The highest BCUT2D eigenvalue weighted by atomic mass is 14.3. The zero-order valence-electron chi connectivity index (χ0n) is 7.51. The van der Waals surface area contributed by atoms with Gasteiger partial charge in [0, 0.05) is 6.21 Å². The Morgan fingerprint density at radius 1 is 1.33 bits per heavy atom. The van der Waals surface area contributed by atoms with Crippen LogP contribution in [0.1, 0.15) is 30.9 Å². The molecule has 1 nitrogen and oxygen atoms in total. The standard InChI is InChI=1S/C11H15N/c1-2-3-6-10-7-4-5-8-11(10)9-12/h4-5,7-9,12H,2-3,6H2,1H3. The highest BCUT2D eigenvalue weighted by molar-refractivity contribution is 5.79. The molecule has 1 heteroatoms. The molecule has 64 valence electrons. The van der Waals surface area contributed by atoms with Crippen LogP contribution in [0.4, 0.5) is 0 Å². The van der Waals surface area contributed by atoms with E-state index in [2.05, 4.69) is 13.0 Å². The lowest BCUT2D eigenvalue weighted by Gasteiger charge is -2.02. The van der Waals surface area contributed by atoms with Gasteiger partial charge in [-0.1, -0.05) is 37.6 Å². The largest absolute Gasteiger partial charge is 0.308 e. The van der Waals surface area contributed by atoms with Gasteiger partial charge < -0.3 is 5.41 Å². The Kier molecular flexibility index (Phi) is 3.52. The number of hydrogen-bond donors (Lipinski definition) is 1. The zero-order valence-corrected chi connectivity index (χ0v) is 7.51. The van der Waals surface area contributed by atoms with Crippen LogP contribution in [0.5, 0.6) is 0 Å². The summed E-state index contributed by atoms with van der Waals surface area (Å²) in [6.07, 6.45) is 4.96. The summed E-state index contributed by atoms with van der Waals surface area (Å²) in [6.45, 7) is 2.19. The number of unbranched alkanes of at least 4 members (excludes halogenated alkanes) is 1. The molecule has 1 N–H and O–H groups in total. The van der Waals surface area contributed by atoms with Crippen LogP contribution in [-0.4, -0.2) is 6.21 Å². The molecule has 0 radical (unpaired) electrons. The Labute approximate surface area is 73.9 Å². The molecule has 0 aliphatic heterocycles. The van der Waals surface area contributed by atoms with Crippen LogP contribution < -0.4 is 0 Å². The molecule has 0 spiro atoms. The van der Waals surface area contributed by atoms with E-state index in [0.717, 1.165) is 12.0 Å². The minimum Gasteiger partial charge on any atom is -0.308 e. The molecule has 12 heavy (non-hydrogen) atoms. The first-order chi connectivity index (χ1) is 5.88. The lowest BCUT2D eigenvalue weighted by molar-refractivity contribution is 0.794. The van der Waals surface area contributed by atoms with Gasteiger partial charge in [-0.15, -0.1) is 0 Å². The van der Waals surface area contributed by atoms with Crippen molar-refractivity contribution in [1.82, 2.24) is 0 Å². The molecule has 0 saturated heterocycles. The third kappa shape index (κ3) is 2.19. The van der Waals surface area contributed by atoms with E-state index in [1.54, 1.807) is 0 Å². The van der Waals surface area contributed by atoms with Gasteiger partial charge in [-0.3, -0.25) is 0 Å². The van der Waals surface area contributed by atoms with Gasteiger partial charge in [-0.05, 0) is 24.0 Å². The van der Waals surface area contributed by atoms with Crippen LogP contribution in [0.3, 0.4) is 0 Å². The maximum atomic E-state index is 7.20. The lowest BCUT2D eigenvalue weighted by atomic mass is 10.0. The molecule has 0 atom stereocenters. The van der Waals surface area contributed by atoms with Gasteiger partial charge in [0.2, 0.25) is 0 Å². The van der Waals surface area contributed by atoms with Crippen LogP contribution in [-0.2, 0) is 6.42 Å². The SMILES string of the molecule is CCCCc1ccccc1C=N. The van der Waals surface area contributed by atoms with Gasteiger partial charge in [0.15, 0.2) is 0 Å². The van der Waals surface area contributed by atoms with Gasteiger partial charge in [0.05, 0.1) is 0 Å². The Morgan fingerprint density at radius 3 is 2.75 bits per heavy atom. The van der Waals surface area contributed by atoms with E-state index in [1.807, 2.05) is 18.2 Å². The number of nitrogens with one attached hydrogen (secondary N) is 1. The van der Waals surface area contributed by atoms with Crippen molar-refractivity contribution in [3.8, 4) is 0 Å². The number of hydrogen-bond acceptors (Lipinski definition) is 1. The second kappa shape index (κ2) is 4.70. The second-order valence-corrected chi connectivity index (χ2v) is 2.95. The minimum atomic E-state index is 1.06. The number of benzene rings is 1. The minimum absolute atomic E-state index is 1.06. The third-order valence-electron chi connectivity index (χ3n) is 2.01. The molecule has 1 aromatic carbocycles. The number of rotatable bonds is 4.